The summed E-state index contributed by atoms with van der Waals surface area (Å²) in [4.78, 5) is -0.827. The summed E-state index contributed by atoms with van der Waals surface area (Å²) in [6.45, 7) is -1.65. The second kappa shape index (κ2) is 7.04. The molecule has 23 heavy (non-hydrogen) atoms. The third-order valence-corrected chi connectivity index (χ3v) is 5.40. The molecule has 1 aromatic carbocycles. The number of benzene rings is 1. The van der Waals surface area contributed by atoms with Crippen LogP contribution in [-0.2, 0) is 20.1 Å². The lowest BCUT2D eigenvalue weighted by atomic mass is 10.3. The average Bonchev–Trinajstić information content (AvgIpc) is 2.35. The van der Waals surface area contributed by atoms with E-state index in [0.717, 1.165) is 6.07 Å². The molecule has 14 heteroatoms. The highest BCUT2D eigenvalue weighted by molar-refractivity contribution is 14.1. The first-order chi connectivity index (χ1) is 10.3. The predicted octanol–water partition coefficient (Wildman–Crippen LogP) is 1.94. The second-order valence-corrected chi connectivity index (χ2v) is 7.97. The summed E-state index contributed by atoms with van der Waals surface area (Å²) in [5, 5.41) is 0. The Morgan fingerprint density at radius 3 is 2.26 bits per heavy atom. The topological polar surface area (TPSA) is 115 Å². The Morgan fingerprint density at radius 2 is 1.78 bits per heavy atom. The van der Waals surface area contributed by atoms with Crippen molar-refractivity contribution in [1.82, 2.24) is 0 Å². The van der Waals surface area contributed by atoms with E-state index in [1.54, 1.807) is 0 Å². The summed E-state index contributed by atoms with van der Waals surface area (Å²) < 4.78 is 110. The van der Waals surface area contributed by atoms with Gasteiger partial charge >= 0.3 is 5.51 Å². The first kappa shape index (κ1) is 20.3. The van der Waals surface area contributed by atoms with Gasteiger partial charge in [-0.2, -0.15) is 13.2 Å². The Balaban J connectivity index is 2.76. The van der Waals surface area contributed by atoms with Gasteiger partial charge in [0.2, 0.25) is 0 Å². The van der Waals surface area contributed by atoms with Crippen LogP contribution in [-0.4, -0.2) is 40.0 Å². The highest BCUT2D eigenvalue weighted by Crippen LogP contribution is 2.29. The van der Waals surface area contributed by atoms with Crippen LogP contribution in [0.15, 0.2) is 17.0 Å². The number of rotatable bonds is 6. The van der Waals surface area contributed by atoms with Crippen molar-refractivity contribution in [2.45, 2.75) is 10.4 Å². The summed E-state index contributed by atoms with van der Waals surface area (Å²) in [6, 6.07) is 1.22. The molecule has 0 aliphatic rings. The van der Waals surface area contributed by atoms with Gasteiger partial charge in [-0.3, -0.25) is 0 Å². The third-order valence-electron chi connectivity index (χ3n) is 2.16. The largest absolute Gasteiger partial charge is 0.744 e. The van der Waals surface area contributed by atoms with Crippen LogP contribution in [0, 0.1) is 9.39 Å². The van der Waals surface area contributed by atoms with Crippen molar-refractivity contribution < 1.29 is 43.7 Å². The lowest BCUT2D eigenvalue weighted by molar-refractivity contribution is -0.0427. The third kappa shape index (κ3) is 5.40. The van der Waals surface area contributed by atoms with Crippen LogP contribution in [0.25, 0.3) is 4.72 Å². The Hall–Kier alpha value is -0.710. The van der Waals surface area contributed by atoms with E-state index in [1.807, 2.05) is 0 Å². The van der Waals surface area contributed by atoms with Gasteiger partial charge in [0, 0.05) is 3.57 Å². The van der Waals surface area contributed by atoms with Crippen LogP contribution >= 0.6 is 22.6 Å². The highest BCUT2D eigenvalue weighted by atomic mass is 127. The first-order valence-electron chi connectivity index (χ1n) is 5.33. The van der Waals surface area contributed by atoms with Gasteiger partial charge in [0.25, 0.3) is 0 Å². The maximum atomic E-state index is 13.6. The molecule has 0 aliphatic heterocycles. The zero-order chi connectivity index (χ0) is 18.1. The van der Waals surface area contributed by atoms with E-state index in [2.05, 4.69) is 4.72 Å². The summed E-state index contributed by atoms with van der Waals surface area (Å²) in [7, 11) is -10.6. The number of hydrogen-bond donors (Lipinski definition) is 0. The zero-order valence-corrected chi connectivity index (χ0v) is 14.5. The molecule has 0 atom stereocenters. The molecule has 7 nitrogen and oxygen atoms in total. The van der Waals surface area contributed by atoms with Crippen LogP contribution in [0.1, 0.15) is 0 Å². The summed E-state index contributed by atoms with van der Waals surface area (Å²) >= 11 is 1.42. The fourth-order valence-corrected chi connectivity index (χ4v) is 3.45. The molecule has 0 heterocycles. The lowest BCUT2D eigenvalue weighted by Gasteiger charge is -2.21. The van der Waals surface area contributed by atoms with Gasteiger partial charge in [-0.25, -0.2) is 21.2 Å². The minimum Gasteiger partial charge on any atom is -0.744 e. The molecule has 1 rings (SSSR count). The zero-order valence-electron chi connectivity index (χ0n) is 10.7. The number of halogens is 5. The van der Waals surface area contributed by atoms with Crippen LogP contribution in [0.3, 0.4) is 0 Å². The Labute approximate surface area is 142 Å². The number of hydrogen-bond acceptors (Lipinski definition) is 6. The second-order valence-electron chi connectivity index (χ2n) is 3.79. The van der Waals surface area contributed by atoms with E-state index in [4.69, 9.17) is 4.74 Å². The number of ether oxygens (including phenoxy) is 1. The van der Waals surface area contributed by atoms with Gasteiger partial charge in [0.1, 0.15) is 10.1 Å². The Morgan fingerprint density at radius 1 is 1.22 bits per heavy atom. The summed E-state index contributed by atoms with van der Waals surface area (Å²) in [5.41, 5.74) is -5.54. The van der Waals surface area contributed by atoms with Crippen molar-refractivity contribution in [2.75, 3.05) is 13.2 Å². The monoisotopic (exact) mass is 491 g/mol. The molecule has 0 aliphatic carbocycles. The molecule has 0 unspecified atom stereocenters. The quantitative estimate of drug-likeness (QED) is 0.260. The van der Waals surface area contributed by atoms with Crippen molar-refractivity contribution in [2.24, 2.45) is 0 Å². The minimum atomic E-state index is -5.67. The maximum Gasteiger partial charge on any atom is 0.480 e. The van der Waals surface area contributed by atoms with Crippen molar-refractivity contribution in [1.29, 1.82) is 0 Å². The van der Waals surface area contributed by atoms with Gasteiger partial charge in [-0.15, -0.1) is 6.54 Å². The number of alkyl halides is 3. The summed E-state index contributed by atoms with van der Waals surface area (Å²) in [6.07, 6.45) is 0. The van der Waals surface area contributed by atoms with Crippen molar-refractivity contribution >= 4 is 42.7 Å². The van der Waals surface area contributed by atoms with E-state index >= 15 is 0 Å². The van der Waals surface area contributed by atoms with E-state index in [-0.39, 0.29) is 3.57 Å². The predicted molar refractivity (Wildman–Crippen MR) is 75.8 cm³/mol. The molecule has 1 aromatic rings. The van der Waals surface area contributed by atoms with Crippen LogP contribution < -0.4 is 4.74 Å². The normalized spacial score (nSPS) is 13.1. The van der Waals surface area contributed by atoms with E-state index < -0.39 is 55.3 Å². The highest BCUT2D eigenvalue weighted by Gasteiger charge is 2.38. The van der Waals surface area contributed by atoms with Gasteiger partial charge in [-0.1, -0.05) is 0 Å². The van der Waals surface area contributed by atoms with Gasteiger partial charge in [0.15, 0.2) is 21.6 Å². The molecular formula is C9H6F4INO6S2-2. The molecule has 0 bridgehead atoms. The molecule has 0 fully saturated rings. The van der Waals surface area contributed by atoms with E-state index in [0.29, 0.717) is 6.07 Å². The van der Waals surface area contributed by atoms with Crippen LogP contribution in [0.2, 0.25) is 0 Å². The van der Waals surface area contributed by atoms with Crippen molar-refractivity contribution in [3.63, 3.8) is 0 Å². The standard InChI is InChI=1S/C9H7F4INO6S2/c10-5-3-8(22(16,17)18)6(14)4-7(5)21-2-1-15-23(19,20)9(11,12)13/h3-4H,1-2H2,(H,16,17,18)/q-1/p-1. The SMILES string of the molecule is O=S(=O)([O-])c1cc(F)c(OCC[N-]S(=O)(=O)C(F)(F)F)cc1I. The molecule has 0 spiro atoms. The average molecular weight is 491 g/mol. The fourth-order valence-electron chi connectivity index (χ4n) is 1.20. The van der Waals surface area contributed by atoms with Gasteiger partial charge in [-0.05, 0) is 34.7 Å². The molecular weight excluding hydrogens is 485 g/mol. The molecule has 0 N–H and O–H groups in total. The number of sulfonamides is 1. The Bertz CT molecular complexity index is 793. The van der Waals surface area contributed by atoms with Crippen LogP contribution in [0.4, 0.5) is 17.6 Å². The fraction of sp³-hybridized carbons (Fsp3) is 0.333. The van der Waals surface area contributed by atoms with Crippen LogP contribution in [0.5, 0.6) is 5.75 Å². The first-order valence-corrected chi connectivity index (χ1v) is 9.26. The number of nitrogens with zero attached hydrogens (tertiary/aromatic N) is 1. The van der Waals surface area contributed by atoms with E-state index in [1.165, 1.54) is 22.6 Å². The lowest BCUT2D eigenvalue weighted by Crippen LogP contribution is -2.23. The molecule has 0 radical (unpaired) electrons. The summed E-state index contributed by atoms with van der Waals surface area (Å²) in [5.74, 6) is -1.82. The molecule has 132 valence electrons. The Kier molecular flexibility index (Phi) is 6.22. The van der Waals surface area contributed by atoms with Crippen molar-refractivity contribution in [3.05, 3.63) is 26.2 Å². The smallest absolute Gasteiger partial charge is 0.480 e. The van der Waals surface area contributed by atoms with Crippen molar-refractivity contribution in [3.8, 4) is 5.75 Å². The molecule has 0 saturated heterocycles. The molecule has 0 saturated carbocycles. The molecule has 0 amide bonds. The minimum absolute atomic E-state index is 0.172. The van der Waals surface area contributed by atoms with Gasteiger partial charge in [0.05, 0.1) is 11.5 Å². The van der Waals surface area contributed by atoms with Gasteiger partial charge < -0.3 is 14.0 Å². The maximum absolute atomic E-state index is 13.6. The molecule has 0 aromatic heterocycles. The van der Waals surface area contributed by atoms with E-state index in [9.17, 15) is 39.0 Å².